The number of ether oxygens (including phenoxy) is 1. The summed E-state index contributed by atoms with van der Waals surface area (Å²) in [6.45, 7) is 0.914. The predicted octanol–water partition coefficient (Wildman–Crippen LogP) is 2.91. The fraction of sp³-hybridized carbons (Fsp3) is 0.333. The van der Waals surface area contributed by atoms with Crippen LogP contribution in [-0.4, -0.2) is 6.61 Å². The molecule has 0 bridgehead atoms. The summed E-state index contributed by atoms with van der Waals surface area (Å²) in [6.07, 6.45) is 1.52. The van der Waals surface area contributed by atoms with Gasteiger partial charge in [-0.25, -0.2) is 0 Å². The van der Waals surface area contributed by atoms with Crippen molar-refractivity contribution in [2.75, 3.05) is 6.61 Å². The lowest BCUT2D eigenvalue weighted by atomic mass is 10.0. The second kappa shape index (κ2) is 2.95. The quantitative estimate of drug-likeness (QED) is 0.696. The Balaban J connectivity index is 2.23. The van der Waals surface area contributed by atoms with Gasteiger partial charge < -0.3 is 4.74 Å². The molecule has 0 aliphatic carbocycles. The van der Waals surface area contributed by atoms with Crippen molar-refractivity contribution in [1.29, 1.82) is 0 Å². The monoisotopic (exact) mass is 212 g/mol. The van der Waals surface area contributed by atoms with E-state index in [2.05, 4.69) is 28.1 Å². The summed E-state index contributed by atoms with van der Waals surface area (Å²) in [5, 5.41) is 0. The summed E-state index contributed by atoms with van der Waals surface area (Å²) < 4.78 is 6.48. The zero-order valence-corrected chi connectivity index (χ0v) is 7.67. The highest BCUT2D eigenvalue weighted by atomic mass is 79.9. The molecule has 1 nitrogen and oxygen atoms in total. The van der Waals surface area contributed by atoms with Crippen LogP contribution < -0.4 is 0 Å². The number of rotatable bonds is 1. The maximum Gasteiger partial charge on any atom is 0.0847 e. The van der Waals surface area contributed by atoms with Crippen LogP contribution in [0.1, 0.15) is 18.1 Å². The molecule has 0 N–H and O–H groups in total. The Morgan fingerprint density at radius 2 is 2.27 bits per heavy atom. The highest BCUT2D eigenvalue weighted by Gasteiger charge is 2.19. The summed E-state index contributed by atoms with van der Waals surface area (Å²) in [5.41, 5.74) is 1.28. The standard InChI is InChI=1S/C9H9BrO/c10-8-3-1-2-7(6-8)9-4-5-11-9/h1-3,6,9H,4-5H2. The largest absolute Gasteiger partial charge is 0.373 e. The lowest BCUT2D eigenvalue weighted by Crippen LogP contribution is -2.17. The first kappa shape index (κ1) is 7.32. The van der Waals surface area contributed by atoms with Crippen LogP contribution in [0.25, 0.3) is 0 Å². The maximum atomic E-state index is 5.35. The van der Waals surface area contributed by atoms with Crippen molar-refractivity contribution < 1.29 is 4.74 Å². The van der Waals surface area contributed by atoms with E-state index in [9.17, 15) is 0 Å². The lowest BCUT2D eigenvalue weighted by Gasteiger charge is -2.26. The number of halogens is 1. The molecule has 0 saturated carbocycles. The maximum absolute atomic E-state index is 5.35. The van der Waals surface area contributed by atoms with Crippen LogP contribution in [0.5, 0.6) is 0 Å². The normalized spacial score (nSPS) is 22.8. The van der Waals surface area contributed by atoms with Crippen molar-refractivity contribution in [2.24, 2.45) is 0 Å². The molecule has 0 radical (unpaired) electrons. The number of hydrogen-bond donors (Lipinski definition) is 0. The van der Waals surface area contributed by atoms with E-state index in [4.69, 9.17) is 4.74 Å². The van der Waals surface area contributed by atoms with Gasteiger partial charge >= 0.3 is 0 Å². The van der Waals surface area contributed by atoms with Gasteiger partial charge in [0.25, 0.3) is 0 Å². The minimum absolute atomic E-state index is 0.354. The van der Waals surface area contributed by atoms with Crippen LogP contribution >= 0.6 is 15.9 Å². The second-order valence-corrected chi connectivity index (χ2v) is 3.62. The smallest absolute Gasteiger partial charge is 0.0847 e. The summed E-state index contributed by atoms with van der Waals surface area (Å²) >= 11 is 3.43. The molecule has 1 aliphatic rings. The molecule has 1 saturated heterocycles. The summed E-state index contributed by atoms with van der Waals surface area (Å²) in [5.74, 6) is 0. The Bertz CT molecular complexity index is 255. The summed E-state index contributed by atoms with van der Waals surface area (Å²) in [4.78, 5) is 0. The summed E-state index contributed by atoms with van der Waals surface area (Å²) in [7, 11) is 0. The van der Waals surface area contributed by atoms with Crippen molar-refractivity contribution in [1.82, 2.24) is 0 Å². The molecule has 11 heavy (non-hydrogen) atoms. The molecular formula is C9H9BrO. The van der Waals surface area contributed by atoms with Crippen molar-refractivity contribution in [2.45, 2.75) is 12.5 Å². The molecule has 0 aromatic heterocycles. The molecule has 0 amide bonds. The molecular weight excluding hydrogens is 204 g/mol. The Labute approximate surface area is 74.5 Å². The van der Waals surface area contributed by atoms with E-state index in [0.717, 1.165) is 17.5 Å². The zero-order valence-electron chi connectivity index (χ0n) is 6.09. The number of hydrogen-bond acceptors (Lipinski definition) is 1. The topological polar surface area (TPSA) is 9.23 Å². The predicted molar refractivity (Wildman–Crippen MR) is 47.5 cm³/mol. The van der Waals surface area contributed by atoms with Crippen molar-refractivity contribution in [3.8, 4) is 0 Å². The first-order chi connectivity index (χ1) is 5.36. The molecule has 58 valence electrons. The van der Waals surface area contributed by atoms with Gasteiger partial charge in [0.15, 0.2) is 0 Å². The zero-order chi connectivity index (χ0) is 7.68. The van der Waals surface area contributed by atoms with E-state index in [-0.39, 0.29) is 0 Å². The van der Waals surface area contributed by atoms with Crippen LogP contribution in [0.15, 0.2) is 28.7 Å². The van der Waals surface area contributed by atoms with E-state index in [1.165, 1.54) is 5.56 Å². The van der Waals surface area contributed by atoms with Gasteiger partial charge in [-0.3, -0.25) is 0 Å². The van der Waals surface area contributed by atoms with Gasteiger partial charge in [0.2, 0.25) is 0 Å². The average molecular weight is 213 g/mol. The Kier molecular flexibility index (Phi) is 1.96. The van der Waals surface area contributed by atoms with Gasteiger partial charge in [-0.05, 0) is 17.7 Å². The fourth-order valence-corrected chi connectivity index (χ4v) is 1.62. The van der Waals surface area contributed by atoms with E-state index in [0.29, 0.717) is 6.10 Å². The van der Waals surface area contributed by atoms with Crippen LogP contribution in [0.3, 0.4) is 0 Å². The van der Waals surface area contributed by atoms with Crippen LogP contribution in [-0.2, 0) is 4.74 Å². The Morgan fingerprint density at radius 1 is 1.45 bits per heavy atom. The summed E-state index contributed by atoms with van der Waals surface area (Å²) in [6, 6.07) is 8.29. The van der Waals surface area contributed by atoms with E-state index >= 15 is 0 Å². The molecule has 1 fully saturated rings. The minimum Gasteiger partial charge on any atom is -0.373 e. The lowest BCUT2D eigenvalue weighted by molar-refractivity contribution is -0.0527. The van der Waals surface area contributed by atoms with Crippen molar-refractivity contribution >= 4 is 15.9 Å². The Morgan fingerprint density at radius 3 is 2.82 bits per heavy atom. The molecule has 1 unspecified atom stereocenters. The third-order valence-electron chi connectivity index (χ3n) is 1.92. The minimum atomic E-state index is 0.354. The molecule has 1 heterocycles. The molecule has 0 spiro atoms. The van der Waals surface area contributed by atoms with E-state index < -0.39 is 0 Å². The molecule has 2 rings (SSSR count). The molecule has 1 aromatic rings. The van der Waals surface area contributed by atoms with Crippen LogP contribution in [0, 0.1) is 0 Å². The average Bonchev–Trinajstić information content (AvgIpc) is 1.83. The third kappa shape index (κ3) is 1.47. The second-order valence-electron chi connectivity index (χ2n) is 2.70. The first-order valence-corrected chi connectivity index (χ1v) is 4.52. The first-order valence-electron chi connectivity index (χ1n) is 3.73. The van der Waals surface area contributed by atoms with Crippen LogP contribution in [0.4, 0.5) is 0 Å². The van der Waals surface area contributed by atoms with E-state index in [1.807, 2.05) is 12.1 Å². The van der Waals surface area contributed by atoms with Crippen LogP contribution in [0.2, 0.25) is 0 Å². The third-order valence-corrected chi connectivity index (χ3v) is 2.41. The molecule has 1 atom stereocenters. The van der Waals surface area contributed by atoms with E-state index in [1.54, 1.807) is 0 Å². The van der Waals surface area contributed by atoms with Gasteiger partial charge in [0.1, 0.15) is 0 Å². The van der Waals surface area contributed by atoms with Crippen molar-refractivity contribution in [3.05, 3.63) is 34.3 Å². The van der Waals surface area contributed by atoms with Gasteiger partial charge in [0, 0.05) is 10.9 Å². The molecule has 1 aliphatic heterocycles. The van der Waals surface area contributed by atoms with Gasteiger partial charge in [-0.2, -0.15) is 0 Å². The number of benzene rings is 1. The molecule has 1 aromatic carbocycles. The van der Waals surface area contributed by atoms with Gasteiger partial charge in [-0.15, -0.1) is 0 Å². The highest BCUT2D eigenvalue weighted by Crippen LogP contribution is 2.30. The Hall–Kier alpha value is -0.340. The fourth-order valence-electron chi connectivity index (χ4n) is 1.21. The van der Waals surface area contributed by atoms with Crippen molar-refractivity contribution in [3.63, 3.8) is 0 Å². The highest BCUT2D eigenvalue weighted by molar-refractivity contribution is 9.10. The van der Waals surface area contributed by atoms with Gasteiger partial charge in [-0.1, -0.05) is 28.1 Å². The van der Waals surface area contributed by atoms with Gasteiger partial charge in [0.05, 0.1) is 12.7 Å². The SMILES string of the molecule is Brc1cccc(C2CCO2)c1. The molecule has 2 heteroatoms.